The molecule has 0 saturated heterocycles. The second-order valence-electron chi connectivity index (χ2n) is 3.37. The van der Waals surface area contributed by atoms with Gasteiger partial charge in [0.05, 0.1) is 11.6 Å². The molecule has 0 saturated carbocycles. The Labute approximate surface area is 110 Å². The van der Waals surface area contributed by atoms with E-state index in [4.69, 9.17) is 5.11 Å². The van der Waals surface area contributed by atoms with Crippen LogP contribution in [0.1, 0.15) is 30.2 Å². The highest BCUT2D eigenvalue weighted by Crippen LogP contribution is 2.12. The topological polar surface area (TPSA) is 92.2 Å². The maximum absolute atomic E-state index is 11.7. The summed E-state index contributed by atoms with van der Waals surface area (Å²) in [4.78, 5) is 31.0. The van der Waals surface area contributed by atoms with Crippen molar-refractivity contribution < 1.29 is 14.7 Å². The van der Waals surface area contributed by atoms with E-state index in [9.17, 15) is 9.59 Å². The van der Waals surface area contributed by atoms with Gasteiger partial charge in [-0.15, -0.1) is 22.7 Å². The first-order valence-electron chi connectivity index (χ1n) is 4.94. The molecular formula is C10H9N3O3S2. The average molecular weight is 283 g/mol. The van der Waals surface area contributed by atoms with Gasteiger partial charge in [0.1, 0.15) is 0 Å². The minimum absolute atomic E-state index is 0.112. The van der Waals surface area contributed by atoms with Gasteiger partial charge in [-0.05, 0) is 6.92 Å². The molecule has 6 nitrogen and oxygen atoms in total. The summed E-state index contributed by atoms with van der Waals surface area (Å²) in [6.07, 6.45) is 1.70. The van der Waals surface area contributed by atoms with Crippen LogP contribution in [0.4, 0.5) is 0 Å². The first kappa shape index (κ1) is 12.7. The Kier molecular flexibility index (Phi) is 3.68. The van der Waals surface area contributed by atoms with E-state index in [1.165, 1.54) is 16.7 Å². The second kappa shape index (κ2) is 5.23. The van der Waals surface area contributed by atoms with Crippen LogP contribution >= 0.6 is 22.7 Å². The summed E-state index contributed by atoms with van der Waals surface area (Å²) in [6.45, 7) is 2.25. The van der Waals surface area contributed by atoms with Crippen LogP contribution in [0.25, 0.3) is 0 Å². The third kappa shape index (κ3) is 2.90. The standard InChI is InChI=1S/C10H9N3O3S2/c1-5-11-2-6(18-5)3-12-8(14)9-13-7(4-17-9)10(15)16/h2,4H,3H2,1H3,(H,12,14)(H,15,16). The van der Waals surface area contributed by atoms with Gasteiger partial charge >= 0.3 is 5.97 Å². The number of aromatic carboxylic acids is 1. The van der Waals surface area contributed by atoms with Gasteiger partial charge in [0.2, 0.25) is 0 Å². The van der Waals surface area contributed by atoms with Crippen LogP contribution in [-0.2, 0) is 6.54 Å². The summed E-state index contributed by atoms with van der Waals surface area (Å²) in [5.74, 6) is -1.51. The normalized spacial score (nSPS) is 10.3. The highest BCUT2D eigenvalue weighted by atomic mass is 32.1. The van der Waals surface area contributed by atoms with Crippen LogP contribution in [0.3, 0.4) is 0 Å². The zero-order valence-corrected chi connectivity index (χ0v) is 11.0. The predicted molar refractivity (Wildman–Crippen MR) is 67.1 cm³/mol. The molecule has 0 bridgehead atoms. The maximum Gasteiger partial charge on any atom is 0.355 e. The largest absolute Gasteiger partial charge is 0.476 e. The van der Waals surface area contributed by atoms with Crippen molar-refractivity contribution in [1.29, 1.82) is 0 Å². The van der Waals surface area contributed by atoms with Crippen LogP contribution in [0.2, 0.25) is 0 Å². The minimum Gasteiger partial charge on any atom is -0.476 e. The number of rotatable bonds is 4. The SMILES string of the molecule is Cc1ncc(CNC(=O)c2nc(C(=O)O)cs2)s1. The van der Waals surface area contributed by atoms with Gasteiger partial charge in [-0.25, -0.2) is 14.8 Å². The second-order valence-corrected chi connectivity index (χ2v) is 5.55. The number of aryl methyl sites for hydroxylation is 1. The smallest absolute Gasteiger partial charge is 0.355 e. The molecule has 2 rings (SSSR count). The number of carboxylic acid groups (broad SMARTS) is 1. The predicted octanol–water partition coefficient (Wildman–Crippen LogP) is 1.54. The molecule has 18 heavy (non-hydrogen) atoms. The Morgan fingerprint density at radius 2 is 2.28 bits per heavy atom. The van der Waals surface area contributed by atoms with Crippen LogP contribution in [0.15, 0.2) is 11.6 Å². The summed E-state index contributed by atoms with van der Waals surface area (Å²) in [5, 5.41) is 13.8. The fraction of sp³-hybridized carbons (Fsp3) is 0.200. The molecule has 0 atom stereocenters. The molecular weight excluding hydrogens is 274 g/mol. The zero-order chi connectivity index (χ0) is 13.1. The number of nitrogens with one attached hydrogen (secondary N) is 1. The number of thiazole rings is 2. The Morgan fingerprint density at radius 1 is 1.50 bits per heavy atom. The highest BCUT2D eigenvalue weighted by molar-refractivity contribution is 7.12. The number of nitrogens with zero attached hydrogens (tertiary/aromatic N) is 2. The zero-order valence-electron chi connectivity index (χ0n) is 9.34. The van der Waals surface area contributed by atoms with Crippen LogP contribution in [0, 0.1) is 6.92 Å². The van der Waals surface area contributed by atoms with Gasteiger partial charge in [0, 0.05) is 16.5 Å². The van der Waals surface area contributed by atoms with Crippen molar-refractivity contribution in [3.8, 4) is 0 Å². The van der Waals surface area contributed by atoms with Crippen molar-refractivity contribution in [2.24, 2.45) is 0 Å². The van der Waals surface area contributed by atoms with Crippen molar-refractivity contribution in [2.45, 2.75) is 13.5 Å². The molecule has 8 heteroatoms. The van der Waals surface area contributed by atoms with Gasteiger partial charge < -0.3 is 10.4 Å². The lowest BCUT2D eigenvalue weighted by atomic mass is 10.5. The quantitative estimate of drug-likeness (QED) is 0.888. The molecule has 2 aromatic rings. The molecule has 2 N–H and O–H groups in total. The lowest BCUT2D eigenvalue weighted by molar-refractivity contribution is 0.0691. The van der Waals surface area contributed by atoms with Crippen molar-refractivity contribution in [1.82, 2.24) is 15.3 Å². The molecule has 2 heterocycles. The molecule has 0 spiro atoms. The number of carbonyl (C=O) groups excluding carboxylic acids is 1. The Bertz CT molecular complexity index is 591. The van der Waals surface area contributed by atoms with E-state index < -0.39 is 5.97 Å². The summed E-state index contributed by atoms with van der Waals surface area (Å²) in [6, 6.07) is 0. The number of hydrogen-bond donors (Lipinski definition) is 2. The van der Waals surface area contributed by atoms with Crippen LogP contribution < -0.4 is 5.32 Å². The Morgan fingerprint density at radius 3 is 2.83 bits per heavy atom. The molecule has 0 aliphatic heterocycles. The van der Waals surface area contributed by atoms with Crippen LogP contribution in [-0.4, -0.2) is 27.0 Å². The molecule has 1 amide bonds. The molecule has 0 aliphatic rings. The summed E-state index contributed by atoms with van der Waals surface area (Å²) in [5.41, 5.74) is -0.112. The summed E-state index contributed by atoms with van der Waals surface area (Å²) < 4.78 is 0. The Hall–Kier alpha value is -1.80. The number of carbonyl (C=O) groups is 2. The van der Waals surface area contributed by atoms with E-state index in [1.54, 1.807) is 6.20 Å². The molecule has 0 aliphatic carbocycles. The van der Waals surface area contributed by atoms with Crippen molar-refractivity contribution >= 4 is 34.6 Å². The summed E-state index contributed by atoms with van der Waals surface area (Å²) in [7, 11) is 0. The van der Waals surface area contributed by atoms with Crippen molar-refractivity contribution in [2.75, 3.05) is 0 Å². The first-order chi connectivity index (χ1) is 8.56. The number of hydrogen-bond acceptors (Lipinski definition) is 6. The molecule has 0 fully saturated rings. The third-order valence-corrected chi connectivity index (χ3v) is 3.76. The summed E-state index contributed by atoms with van der Waals surface area (Å²) >= 11 is 2.51. The van der Waals surface area contributed by atoms with E-state index in [2.05, 4.69) is 15.3 Å². The number of amides is 1. The molecule has 0 aromatic carbocycles. The number of aromatic nitrogens is 2. The lowest BCUT2D eigenvalue weighted by Gasteiger charge is -1.99. The highest BCUT2D eigenvalue weighted by Gasteiger charge is 2.14. The monoisotopic (exact) mass is 283 g/mol. The number of carboxylic acids is 1. The first-order valence-corrected chi connectivity index (χ1v) is 6.64. The fourth-order valence-corrected chi connectivity index (χ4v) is 2.65. The Balaban J connectivity index is 1.97. The molecule has 0 radical (unpaired) electrons. The maximum atomic E-state index is 11.7. The molecule has 94 valence electrons. The van der Waals surface area contributed by atoms with E-state index >= 15 is 0 Å². The average Bonchev–Trinajstić information content (AvgIpc) is 2.94. The fourth-order valence-electron chi connectivity index (χ4n) is 1.21. The van der Waals surface area contributed by atoms with Gasteiger partial charge in [0.15, 0.2) is 10.7 Å². The van der Waals surface area contributed by atoms with Gasteiger partial charge in [-0.1, -0.05) is 0 Å². The molecule has 0 unspecified atom stereocenters. The lowest BCUT2D eigenvalue weighted by Crippen LogP contribution is -2.22. The van der Waals surface area contributed by atoms with Gasteiger partial charge in [-0.3, -0.25) is 4.79 Å². The van der Waals surface area contributed by atoms with Gasteiger partial charge in [0.25, 0.3) is 5.91 Å². The minimum atomic E-state index is -1.14. The van der Waals surface area contributed by atoms with Crippen molar-refractivity contribution in [3.63, 3.8) is 0 Å². The van der Waals surface area contributed by atoms with E-state index in [0.29, 0.717) is 6.54 Å². The van der Waals surface area contributed by atoms with Crippen LogP contribution in [0.5, 0.6) is 0 Å². The third-order valence-electron chi connectivity index (χ3n) is 2.01. The van der Waals surface area contributed by atoms with Crippen molar-refractivity contribution in [3.05, 3.63) is 32.2 Å². The van der Waals surface area contributed by atoms with E-state index in [0.717, 1.165) is 21.2 Å². The van der Waals surface area contributed by atoms with Gasteiger partial charge in [-0.2, -0.15) is 0 Å². The molecule has 2 aromatic heterocycles. The van der Waals surface area contributed by atoms with E-state index in [-0.39, 0.29) is 16.6 Å². The van der Waals surface area contributed by atoms with E-state index in [1.807, 2.05) is 6.92 Å².